The highest BCUT2D eigenvalue weighted by molar-refractivity contribution is 9.11. The molecule has 2 rings (SSSR count). The summed E-state index contributed by atoms with van der Waals surface area (Å²) in [7, 11) is 0. The highest BCUT2D eigenvalue weighted by Crippen LogP contribution is 2.31. The number of thiophene rings is 1. The third-order valence-electron chi connectivity index (χ3n) is 2.46. The van der Waals surface area contributed by atoms with E-state index in [0.717, 1.165) is 20.6 Å². The molecule has 1 amide bonds. The van der Waals surface area contributed by atoms with Gasteiger partial charge in [0.05, 0.1) is 3.79 Å². The van der Waals surface area contributed by atoms with Gasteiger partial charge in [0.25, 0.3) is 0 Å². The van der Waals surface area contributed by atoms with Gasteiger partial charge in [-0.1, -0.05) is 15.9 Å². The van der Waals surface area contributed by atoms with Crippen LogP contribution in [0.5, 0.6) is 0 Å². The molecule has 1 atom stereocenters. The van der Waals surface area contributed by atoms with Gasteiger partial charge in [-0.25, -0.2) is 4.98 Å². The van der Waals surface area contributed by atoms with Gasteiger partial charge in [-0.05, 0) is 64.5 Å². The van der Waals surface area contributed by atoms with Crippen molar-refractivity contribution in [3.63, 3.8) is 0 Å². The van der Waals surface area contributed by atoms with E-state index in [2.05, 4.69) is 42.2 Å². The van der Waals surface area contributed by atoms with Crippen LogP contribution in [0.1, 0.15) is 21.6 Å². The highest BCUT2D eigenvalue weighted by atomic mass is 79.9. The Morgan fingerprint density at radius 1 is 1.37 bits per heavy atom. The maximum Gasteiger partial charge on any atom is 0.243 e. The van der Waals surface area contributed by atoms with Gasteiger partial charge in [0.1, 0.15) is 10.6 Å². The largest absolute Gasteiger partial charge is 0.309 e. The average molecular weight is 404 g/mol. The number of amides is 1. The molecule has 3 nitrogen and oxygen atoms in total. The van der Waals surface area contributed by atoms with Crippen molar-refractivity contribution in [2.75, 3.05) is 5.32 Å². The van der Waals surface area contributed by atoms with Crippen LogP contribution < -0.4 is 5.32 Å². The van der Waals surface area contributed by atoms with Gasteiger partial charge in [-0.15, -0.1) is 11.3 Å². The molecule has 0 spiro atoms. The summed E-state index contributed by atoms with van der Waals surface area (Å²) in [5.41, 5.74) is 2.89. The second kappa shape index (κ2) is 6.15. The van der Waals surface area contributed by atoms with E-state index in [9.17, 15) is 4.79 Å². The predicted molar refractivity (Wildman–Crippen MR) is 86.0 cm³/mol. The Kier molecular flexibility index (Phi) is 4.76. The molecule has 0 aliphatic rings. The van der Waals surface area contributed by atoms with Gasteiger partial charge in [0.15, 0.2) is 0 Å². The van der Waals surface area contributed by atoms with E-state index in [0.29, 0.717) is 5.82 Å². The van der Waals surface area contributed by atoms with Crippen molar-refractivity contribution < 1.29 is 4.79 Å². The fourth-order valence-corrected chi connectivity index (χ4v) is 3.46. The molecule has 1 unspecified atom stereocenters. The molecule has 0 radical (unpaired) electrons. The number of hydrogen-bond acceptors (Lipinski definition) is 3. The van der Waals surface area contributed by atoms with Crippen LogP contribution in [-0.2, 0) is 4.79 Å². The zero-order chi connectivity index (χ0) is 14.0. The fraction of sp³-hybridized carbons (Fsp3) is 0.231. The van der Waals surface area contributed by atoms with Gasteiger partial charge in [-0.3, -0.25) is 4.79 Å². The van der Waals surface area contributed by atoms with Crippen LogP contribution in [0.4, 0.5) is 5.82 Å². The van der Waals surface area contributed by atoms with E-state index in [1.165, 1.54) is 0 Å². The number of halogens is 2. The minimum absolute atomic E-state index is 0.122. The number of carbonyl (C=O) groups excluding carboxylic acids is 1. The summed E-state index contributed by atoms with van der Waals surface area (Å²) in [4.78, 5) is 16.1. The molecule has 2 aromatic heterocycles. The second-order valence-corrected chi connectivity index (χ2v) is 7.41. The highest BCUT2D eigenvalue weighted by Gasteiger charge is 2.19. The van der Waals surface area contributed by atoms with Gasteiger partial charge in [0.2, 0.25) is 5.91 Å². The van der Waals surface area contributed by atoms with Gasteiger partial charge in [0, 0.05) is 5.69 Å². The molecule has 0 aliphatic carbocycles. The summed E-state index contributed by atoms with van der Waals surface area (Å²) < 4.78 is 1.00. The molecule has 0 saturated heterocycles. The number of rotatable bonds is 3. The number of nitrogens with one attached hydrogen (secondary N) is 1. The smallest absolute Gasteiger partial charge is 0.243 e. The van der Waals surface area contributed by atoms with Gasteiger partial charge in [-0.2, -0.15) is 0 Å². The Balaban J connectivity index is 2.12. The molecule has 0 fully saturated rings. The number of carbonyl (C=O) groups is 1. The number of pyridine rings is 1. The summed E-state index contributed by atoms with van der Waals surface area (Å²) in [5, 5.41) is 4.77. The predicted octanol–water partition coefficient (Wildman–Crippen LogP) is 4.60. The first-order valence-corrected chi connectivity index (χ1v) is 8.18. The molecule has 0 aliphatic heterocycles. The standard InChI is InChI=1S/C13H12Br2N2OS/c1-7-3-8(2)16-11(4-7)17-13(18)12(15)9-5-10(14)19-6-9/h3-6,12H,1-2H3,(H,16,17,18). The minimum Gasteiger partial charge on any atom is -0.309 e. The zero-order valence-corrected chi connectivity index (χ0v) is 14.4. The van der Waals surface area contributed by atoms with E-state index in [-0.39, 0.29) is 10.7 Å². The van der Waals surface area contributed by atoms with Crippen molar-refractivity contribution in [3.05, 3.63) is 44.2 Å². The van der Waals surface area contributed by atoms with Gasteiger partial charge >= 0.3 is 0 Å². The molecule has 19 heavy (non-hydrogen) atoms. The Morgan fingerprint density at radius 3 is 2.68 bits per heavy atom. The van der Waals surface area contributed by atoms with Crippen molar-refractivity contribution >= 4 is 54.9 Å². The number of anilines is 1. The number of nitrogens with zero attached hydrogens (tertiary/aromatic N) is 1. The van der Waals surface area contributed by atoms with Crippen molar-refractivity contribution in [2.24, 2.45) is 0 Å². The Bertz CT molecular complexity index is 592. The van der Waals surface area contributed by atoms with E-state index < -0.39 is 0 Å². The van der Waals surface area contributed by atoms with E-state index in [1.807, 2.05) is 37.4 Å². The molecule has 6 heteroatoms. The summed E-state index contributed by atoms with van der Waals surface area (Å²) >= 11 is 8.35. The summed E-state index contributed by atoms with van der Waals surface area (Å²) in [6.07, 6.45) is 0. The van der Waals surface area contributed by atoms with E-state index in [4.69, 9.17) is 0 Å². The Morgan fingerprint density at radius 2 is 2.11 bits per heavy atom. The second-order valence-electron chi connectivity index (χ2n) is 4.21. The lowest BCUT2D eigenvalue weighted by atomic mass is 10.2. The molecule has 0 saturated carbocycles. The molecular weight excluding hydrogens is 392 g/mol. The van der Waals surface area contributed by atoms with Crippen molar-refractivity contribution in [2.45, 2.75) is 18.7 Å². The molecule has 2 aromatic rings. The normalized spacial score (nSPS) is 12.2. The SMILES string of the molecule is Cc1cc(C)nc(NC(=O)C(Br)c2csc(Br)c2)c1. The lowest BCUT2D eigenvalue weighted by Crippen LogP contribution is -2.17. The topological polar surface area (TPSA) is 42.0 Å². The average Bonchev–Trinajstić information content (AvgIpc) is 2.73. The van der Waals surface area contributed by atoms with Crippen LogP contribution in [0.2, 0.25) is 0 Å². The summed E-state index contributed by atoms with van der Waals surface area (Å²) in [6.45, 7) is 3.89. The van der Waals surface area contributed by atoms with Crippen molar-refractivity contribution in [1.82, 2.24) is 4.98 Å². The molecule has 100 valence electrons. The van der Waals surface area contributed by atoms with Crippen LogP contribution in [-0.4, -0.2) is 10.9 Å². The van der Waals surface area contributed by atoms with Crippen LogP contribution in [0.3, 0.4) is 0 Å². The van der Waals surface area contributed by atoms with Crippen LogP contribution in [0.25, 0.3) is 0 Å². The third kappa shape index (κ3) is 3.87. The van der Waals surface area contributed by atoms with E-state index >= 15 is 0 Å². The zero-order valence-electron chi connectivity index (χ0n) is 10.4. The summed E-state index contributed by atoms with van der Waals surface area (Å²) in [5.74, 6) is 0.462. The number of alkyl halides is 1. The van der Waals surface area contributed by atoms with Crippen LogP contribution in [0.15, 0.2) is 27.4 Å². The molecule has 2 heterocycles. The van der Waals surface area contributed by atoms with Crippen LogP contribution >= 0.6 is 43.2 Å². The Labute approximate surface area is 132 Å². The Hall–Kier alpha value is -0.720. The van der Waals surface area contributed by atoms with Gasteiger partial charge < -0.3 is 5.32 Å². The molecule has 1 N–H and O–H groups in total. The minimum atomic E-state index is -0.377. The first-order valence-electron chi connectivity index (χ1n) is 5.60. The lowest BCUT2D eigenvalue weighted by molar-refractivity contribution is -0.115. The molecule has 0 aromatic carbocycles. The number of hydrogen-bond donors (Lipinski definition) is 1. The first kappa shape index (κ1) is 14.7. The first-order chi connectivity index (χ1) is 8.95. The molecular formula is C13H12Br2N2OS. The molecule has 0 bridgehead atoms. The van der Waals surface area contributed by atoms with E-state index in [1.54, 1.807) is 11.3 Å². The monoisotopic (exact) mass is 402 g/mol. The number of aryl methyl sites for hydroxylation is 2. The maximum absolute atomic E-state index is 12.1. The third-order valence-corrected chi connectivity index (χ3v) is 4.93. The maximum atomic E-state index is 12.1. The van der Waals surface area contributed by atoms with Crippen molar-refractivity contribution in [1.29, 1.82) is 0 Å². The number of aromatic nitrogens is 1. The summed E-state index contributed by atoms with van der Waals surface area (Å²) in [6, 6.07) is 5.75. The van der Waals surface area contributed by atoms with Crippen LogP contribution in [0, 0.1) is 13.8 Å². The lowest BCUT2D eigenvalue weighted by Gasteiger charge is -2.10. The fourth-order valence-electron chi connectivity index (χ4n) is 1.70. The van der Waals surface area contributed by atoms with Crippen molar-refractivity contribution in [3.8, 4) is 0 Å². The quantitative estimate of drug-likeness (QED) is 0.761.